The molecule has 122 valence electrons. The normalized spacial score (nSPS) is 13.7. The van der Waals surface area contributed by atoms with E-state index < -0.39 is 10.0 Å². The summed E-state index contributed by atoms with van der Waals surface area (Å²) in [5.74, 6) is 0.881. The molecule has 0 atom stereocenters. The van der Waals surface area contributed by atoms with E-state index in [1.165, 1.54) is 0 Å². The maximum absolute atomic E-state index is 11.9. The SMILES string of the molecule is CC(C)NC(=O)CN(Cc1ccc2c(c1)OCO2)S(C)(=O)=O. The Balaban J connectivity index is 2.12. The zero-order valence-electron chi connectivity index (χ0n) is 12.8. The van der Waals surface area contributed by atoms with Crippen molar-refractivity contribution in [2.24, 2.45) is 0 Å². The van der Waals surface area contributed by atoms with Crippen LogP contribution in [0.1, 0.15) is 19.4 Å². The maximum atomic E-state index is 11.9. The van der Waals surface area contributed by atoms with E-state index in [0.29, 0.717) is 11.5 Å². The highest BCUT2D eigenvalue weighted by Crippen LogP contribution is 2.32. The van der Waals surface area contributed by atoms with Crippen molar-refractivity contribution in [1.29, 1.82) is 0 Å². The van der Waals surface area contributed by atoms with Gasteiger partial charge in [0.05, 0.1) is 12.8 Å². The first-order valence-electron chi connectivity index (χ1n) is 6.88. The van der Waals surface area contributed by atoms with Gasteiger partial charge in [0.25, 0.3) is 0 Å². The summed E-state index contributed by atoms with van der Waals surface area (Å²) in [5.41, 5.74) is 0.729. The van der Waals surface area contributed by atoms with Crippen LogP contribution in [-0.2, 0) is 21.4 Å². The lowest BCUT2D eigenvalue weighted by molar-refractivity contribution is -0.121. The van der Waals surface area contributed by atoms with Crippen LogP contribution < -0.4 is 14.8 Å². The average molecular weight is 328 g/mol. The summed E-state index contributed by atoms with van der Waals surface area (Å²) in [6.45, 7) is 3.68. The van der Waals surface area contributed by atoms with Crippen LogP contribution in [0.4, 0.5) is 0 Å². The minimum atomic E-state index is -3.51. The number of hydrogen-bond donors (Lipinski definition) is 1. The number of hydrogen-bond acceptors (Lipinski definition) is 5. The van der Waals surface area contributed by atoms with Gasteiger partial charge >= 0.3 is 0 Å². The van der Waals surface area contributed by atoms with Crippen LogP contribution in [0.25, 0.3) is 0 Å². The fourth-order valence-corrected chi connectivity index (χ4v) is 2.80. The molecular weight excluding hydrogens is 308 g/mol. The molecule has 0 spiro atoms. The van der Waals surface area contributed by atoms with Crippen LogP contribution in [0, 0.1) is 0 Å². The number of carbonyl (C=O) groups is 1. The number of ether oxygens (including phenoxy) is 2. The maximum Gasteiger partial charge on any atom is 0.235 e. The van der Waals surface area contributed by atoms with E-state index in [4.69, 9.17) is 9.47 Å². The first kappa shape index (κ1) is 16.6. The van der Waals surface area contributed by atoms with Gasteiger partial charge in [0.1, 0.15) is 0 Å². The first-order chi connectivity index (χ1) is 10.3. The van der Waals surface area contributed by atoms with Gasteiger partial charge in [-0.1, -0.05) is 6.07 Å². The molecule has 0 fully saturated rings. The van der Waals surface area contributed by atoms with E-state index in [1.807, 2.05) is 13.8 Å². The fraction of sp³-hybridized carbons (Fsp3) is 0.500. The number of rotatable bonds is 6. The third kappa shape index (κ3) is 4.35. The van der Waals surface area contributed by atoms with Gasteiger partial charge in [-0.3, -0.25) is 4.79 Å². The molecule has 0 saturated carbocycles. The molecule has 1 N–H and O–H groups in total. The van der Waals surface area contributed by atoms with Gasteiger partial charge in [-0.15, -0.1) is 0 Å². The lowest BCUT2D eigenvalue weighted by Crippen LogP contribution is -2.42. The van der Waals surface area contributed by atoms with Crippen LogP contribution in [0.5, 0.6) is 11.5 Å². The summed E-state index contributed by atoms with van der Waals surface area (Å²) in [6, 6.07) is 5.17. The molecular formula is C14H20N2O5S. The van der Waals surface area contributed by atoms with Crippen LogP contribution in [0.2, 0.25) is 0 Å². The van der Waals surface area contributed by atoms with E-state index in [1.54, 1.807) is 18.2 Å². The van der Waals surface area contributed by atoms with Gasteiger partial charge in [-0.25, -0.2) is 8.42 Å². The number of benzene rings is 1. The van der Waals surface area contributed by atoms with Crippen molar-refractivity contribution in [3.63, 3.8) is 0 Å². The lowest BCUT2D eigenvalue weighted by Gasteiger charge is -2.20. The monoisotopic (exact) mass is 328 g/mol. The second kappa shape index (κ2) is 6.53. The highest BCUT2D eigenvalue weighted by molar-refractivity contribution is 7.88. The van der Waals surface area contributed by atoms with Crippen LogP contribution >= 0.6 is 0 Å². The summed E-state index contributed by atoms with van der Waals surface area (Å²) in [6.07, 6.45) is 1.09. The molecule has 0 radical (unpaired) electrons. The molecule has 1 aliphatic rings. The molecule has 2 rings (SSSR count). The predicted molar refractivity (Wildman–Crippen MR) is 81.1 cm³/mol. The summed E-state index contributed by atoms with van der Waals surface area (Å²) >= 11 is 0. The van der Waals surface area contributed by atoms with E-state index in [-0.39, 0.29) is 31.8 Å². The zero-order chi connectivity index (χ0) is 16.3. The van der Waals surface area contributed by atoms with Crippen molar-refractivity contribution in [3.05, 3.63) is 23.8 Å². The highest BCUT2D eigenvalue weighted by Gasteiger charge is 2.22. The summed E-state index contributed by atoms with van der Waals surface area (Å²) in [5, 5.41) is 2.68. The van der Waals surface area contributed by atoms with Crippen molar-refractivity contribution in [2.75, 3.05) is 19.6 Å². The third-order valence-corrected chi connectivity index (χ3v) is 4.23. The summed E-state index contributed by atoms with van der Waals surface area (Å²) in [7, 11) is -3.51. The molecule has 1 aliphatic heterocycles. The zero-order valence-corrected chi connectivity index (χ0v) is 13.6. The van der Waals surface area contributed by atoms with Crippen molar-refractivity contribution in [2.45, 2.75) is 26.4 Å². The van der Waals surface area contributed by atoms with Gasteiger partial charge in [0, 0.05) is 12.6 Å². The third-order valence-electron chi connectivity index (χ3n) is 3.03. The molecule has 1 heterocycles. The van der Waals surface area contributed by atoms with Crippen LogP contribution in [0.3, 0.4) is 0 Å². The molecule has 0 bridgehead atoms. The number of amides is 1. The molecule has 22 heavy (non-hydrogen) atoms. The second-order valence-corrected chi connectivity index (χ2v) is 7.42. The van der Waals surface area contributed by atoms with E-state index >= 15 is 0 Å². The Bertz CT molecular complexity index is 657. The quantitative estimate of drug-likeness (QED) is 0.831. The molecule has 0 aromatic heterocycles. The Morgan fingerprint density at radius 1 is 1.32 bits per heavy atom. The van der Waals surface area contributed by atoms with Crippen molar-refractivity contribution < 1.29 is 22.7 Å². The van der Waals surface area contributed by atoms with Gasteiger partial charge in [-0.05, 0) is 31.5 Å². The number of nitrogens with one attached hydrogen (secondary N) is 1. The standard InChI is InChI=1S/C14H20N2O5S/c1-10(2)15-14(17)8-16(22(3,18)19)7-11-4-5-12-13(6-11)21-9-20-12/h4-6,10H,7-9H2,1-3H3,(H,15,17). The highest BCUT2D eigenvalue weighted by atomic mass is 32.2. The summed E-state index contributed by atoms with van der Waals surface area (Å²) < 4.78 is 35.4. The largest absolute Gasteiger partial charge is 0.454 e. The van der Waals surface area contributed by atoms with Gasteiger partial charge < -0.3 is 14.8 Å². The number of sulfonamides is 1. The minimum absolute atomic E-state index is 0.0422. The average Bonchev–Trinajstić information content (AvgIpc) is 2.83. The molecule has 0 saturated heterocycles. The molecule has 1 aromatic rings. The van der Waals surface area contributed by atoms with Gasteiger partial charge in [0.2, 0.25) is 22.7 Å². The van der Waals surface area contributed by atoms with Crippen LogP contribution in [0.15, 0.2) is 18.2 Å². The molecule has 1 aromatic carbocycles. The molecule has 0 aliphatic carbocycles. The minimum Gasteiger partial charge on any atom is -0.454 e. The van der Waals surface area contributed by atoms with Crippen molar-refractivity contribution in [3.8, 4) is 11.5 Å². The Kier molecular flexibility index (Phi) is 4.92. The predicted octanol–water partition coefficient (Wildman–Crippen LogP) is 0.702. The molecule has 1 amide bonds. The Hall–Kier alpha value is -1.80. The molecule has 0 unspecified atom stereocenters. The summed E-state index contributed by atoms with van der Waals surface area (Å²) in [4.78, 5) is 11.8. The Labute approximate surface area is 130 Å². The number of fused-ring (bicyclic) bond motifs is 1. The van der Waals surface area contributed by atoms with Crippen molar-refractivity contribution in [1.82, 2.24) is 9.62 Å². The lowest BCUT2D eigenvalue weighted by atomic mass is 10.2. The van der Waals surface area contributed by atoms with E-state index in [9.17, 15) is 13.2 Å². The van der Waals surface area contributed by atoms with E-state index in [2.05, 4.69) is 5.32 Å². The van der Waals surface area contributed by atoms with Crippen LogP contribution in [-0.4, -0.2) is 44.3 Å². The van der Waals surface area contributed by atoms with Crippen molar-refractivity contribution >= 4 is 15.9 Å². The first-order valence-corrected chi connectivity index (χ1v) is 8.73. The molecule has 7 nitrogen and oxygen atoms in total. The van der Waals surface area contributed by atoms with Gasteiger partial charge in [0.15, 0.2) is 11.5 Å². The topological polar surface area (TPSA) is 84.9 Å². The number of carbonyl (C=O) groups excluding carboxylic acids is 1. The van der Waals surface area contributed by atoms with Gasteiger partial charge in [-0.2, -0.15) is 4.31 Å². The smallest absolute Gasteiger partial charge is 0.235 e. The fourth-order valence-electron chi connectivity index (χ4n) is 2.06. The van der Waals surface area contributed by atoms with E-state index in [0.717, 1.165) is 16.1 Å². The number of nitrogens with zero attached hydrogens (tertiary/aromatic N) is 1. The Morgan fingerprint density at radius 3 is 2.64 bits per heavy atom. The second-order valence-electron chi connectivity index (χ2n) is 5.44. The Morgan fingerprint density at radius 2 is 2.00 bits per heavy atom. The molecule has 8 heteroatoms.